The lowest BCUT2D eigenvalue weighted by Crippen LogP contribution is -2.31. The maximum absolute atomic E-state index is 12.5. The minimum atomic E-state index is -1.33. The standard InChI is InChI=1S/C36H41ClN2O10/c1-39(15-12-32(42)38-14-17-48-19-18-47-16-5-3-2-4-13-37)22-29-30(41)11-10-27-33(26-9-7-24(40)21-31(26)49-34(27)29)25-8-6-23(35(43)44)20-28(25)36(45)46/h6-11,20-21,41H,2-5,12-19,22H2,1H3,(H,38,42)(H,43,44)(H,45,46). The fraction of sp³-hybridized carbons (Fsp3) is 0.389. The molecule has 0 bridgehead atoms. The van der Waals surface area contributed by atoms with E-state index in [1.54, 1.807) is 13.1 Å². The fourth-order valence-electron chi connectivity index (χ4n) is 5.46. The summed E-state index contributed by atoms with van der Waals surface area (Å²) in [5, 5.41) is 33.7. The first-order valence-electron chi connectivity index (χ1n) is 16.1. The summed E-state index contributed by atoms with van der Waals surface area (Å²) in [7, 11) is 1.78. The van der Waals surface area contributed by atoms with E-state index in [9.17, 15) is 34.5 Å². The number of hydrogen-bond acceptors (Lipinski definition) is 9. The van der Waals surface area contributed by atoms with Crippen molar-refractivity contribution in [1.82, 2.24) is 10.2 Å². The molecule has 1 amide bonds. The molecule has 0 radical (unpaired) electrons. The second-order valence-corrected chi connectivity index (χ2v) is 12.0. The molecule has 0 saturated carbocycles. The molecule has 0 fully saturated rings. The van der Waals surface area contributed by atoms with Crippen molar-refractivity contribution >= 4 is 40.4 Å². The smallest absolute Gasteiger partial charge is 0.336 e. The third kappa shape index (κ3) is 10.3. The Labute approximate surface area is 288 Å². The first-order chi connectivity index (χ1) is 23.6. The average Bonchev–Trinajstić information content (AvgIpc) is 3.07. The summed E-state index contributed by atoms with van der Waals surface area (Å²) in [5.41, 5.74) is 0.855. The number of nitrogens with one attached hydrogen (secondary N) is 1. The predicted molar refractivity (Wildman–Crippen MR) is 185 cm³/mol. The van der Waals surface area contributed by atoms with Crippen LogP contribution < -0.4 is 10.7 Å². The maximum Gasteiger partial charge on any atom is 0.336 e. The van der Waals surface area contributed by atoms with Gasteiger partial charge in [-0.05, 0) is 61.9 Å². The Hall–Kier alpha value is -4.49. The van der Waals surface area contributed by atoms with Gasteiger partial charge in [0.15, 0.2) is 5.43 Å². The molecule has 262 valence electrons. The highest BCUT2D eigenvalue weighted by molar-refractivity contribution is 6.17. The highest BCUT2D eigenvalue weighted by Gasteiger charge is 2.25. The van der Waals surface area contributed by atoms with E-state index < -0.39 is 11.9 Å². The Kier molecular flexibility index (Phi) is 14.0. The lowest BCUT2D eigenvalue weighted by molar-refractivity contribution is -0.121. The van der Waals surface area contributed by atoms with Crippen LogP contribution in [0, 0.1) is 0 Å². The number of carbonyl (C=O) groups is 3. The Morgan fingerprint density at radius 2 is 1.61 bits per heavy atom. The van der Waals surface area contributed by atoms with Gasteiger partial charge in [-0.2, -0.15) is 0 Å². The average molecular weight is 697 g/mol. The number of rotatable bonds is 20. The van der Waals surface area contributed by atoms with E-state index in [2.05, 4.69) is 5.32 Å². The lowest BCUT2D eigenvalue weighted by Gasteiger charge is -2.21. The van der Waals surface area contributed by atoms with Crippen LogP contribution in [0.4, 0.5) is 0 Å². The monoisotopic (exact) mass is 696 g/mol. The number of alkyl halides is 1. The van der Waals surface area contributed by atoms with Gasteiger partial charge < -0.3 is 39.4 Å². The number of carboxylic acid groups (broad SMARTS) is 2. The van der Waals surface area contributed by atoms with Gasteiger partial charge in [-0.1, -0.05) is 18.9 Å². The molecule has 0 atom stereocenters. The highest BCUT2D eigenvalue weighted by atomic mass is 35.5. The van der Waals surface area contributed by atoms with Gasteiger partial charge >= 0.3 is 11.9 Å². The van der Waals surface area contributed by atoms with Crippen LogP contribution in [0.1, 0.15) is 58.4 Å². The normalized spacial score (nSPS) is 11.4. The minimum Gasteiger partial charge on any atom is -0.507 e. The summed E-state index contributed by atoms with van der Waals surface area (Å²) in [5.74, 6) is -2.02. The van der Waals surface area contributed by atoms with E-state index in [1.165, 1.54) is 36.4 Å². The van der Waals surface area contributed by atoms with Crippen LogP contribution in [-0.2, 0) is 20.8 Å². The summed E-state index contributed by atoms with van der Waals surface area (Å²) in [6.45, 7) is 2.83. The second-order valence-electron chi connectivity index (χ2n) is 11.6. The second kappa shape index (κ2) is 18.3. The largest absolute Gasteiger partial charge is 0.507 e. The Morgan fingerprint density at radius 1 is 0.878 bits per heavy atom. The van der Waals surface area contributed by atoms with Crippen LogP contribution in [0.15, 0.2) is 57.7 Å². The van der Waals surface area contributed by atoms with Gasteiger partial charge in [-0.15, -0.1) is 11.6 Å². The third-order valence-corrected chi connectivity index (χ3v) is 8.23. The minimum absolute atomic E-state index is 0.0942. The number of phenolic OH excluding ortho intramolecular Hbond substituents is 1. The number of benzene rings is 3. The van der Waals surface area contributed by atoms with E-state index in [1.807, 2.05) is 4.90 Å². The Balaban J connectivity index is 1.43. The number of aromatic hydroxyl groups is 1. The van der Waals surface area contributed by atoms with Gasteiger partial charge in [0.1, 0.15) is 17.1 Å². The van der Waals surface area contributed by atoms with Gasteiger partial charge in [0.2, 0.25) is 5.91 Å². The van der Waals surface area contributed by atoms with Gasteiger partial charge in [-0.3, -0.25) is 9.59 Å². The predicted octanol–water partition coefficient (Wildman–Crippen LogP) is 5.44. The van der Waals surface area contributed by atoms with E-state index in [4.69, 9.17) is 25.5 Å². The van der Waals surface area contributed by atoms with Crippen LogP contribution in [0.2, 0.25) is 0 Å². The molecular formula is C36H41ClN2O10. The van der Waals surface area contributed by atoms with Crippen molar-refractivity contribution in [3.63, 3.8) is 0 Å². The van der Waals surface area contributed by atoms with Gasteiger partial charge in [0, 0.05) is 61.1 Å². The molecule has 2 aromatic carbocycles. The molecule has 1 aliphatic carbocycles. The molecular weight excluding hydrogens is 656 g/mol. The molecule has 4 rings (SSSR count). The van der Waals surface area contributed by atoms with Crippen molar-refractivity contribution in [2.75, 3.05) is 52.4 Å². The van der Waals surface area contributed by atoms with Crippen molar-refractivity contribution in [3.8, 4) is 28.2 Å². The molecule has 4 N–H and O–H groups in total. The number of aromatic carboxylic acids is 2. The van der Waals surface area contributed by atoms with Crippen LogP contribution >= 0.6 is 11.6 Å². The number of amides is 1. The molecule has 49 heavy (non-hydrogen) atoms. The number of carbonyl (C=O) groups excluding carboxylic acids is 1. The lowest BCUT2D eigenvalue weighted by atomic mass is 9.89. The van der Waals surface area contributed by atoms with Crippen LogP contribution in [0.25, 0.3) is 33.4 Å². The zero-order valence-electron chi connectivity index (χ0n) is 27.3. The van der Waals surface area contributed by atoms with E-state index in [0.717, 1.165) is 31.7 Å². The summed E-state index contributed by atoms with van der Waals surface area (Å²) >= 11 is 5.67. The number of unbranched alkanes of at least 4 members (excludes halogenated alkanes) is 3. The zero-order chi connectivity index (χ0) is 35.3. The molecule has 2 aliphatic rings. The van der Waals surface area contributed by atoms with E-state index >= 15 is 0 Å². The molecule has 0 saturated heterocycles. The van der Waals surface area contributed by atoms with E-state index in [-0.39, 0.29) is 58.1 Å². The molecule has 0 spiro atoms. The van der Waals surface area contributed by atoms with Crippen molar-refractivity contribution in [2.45, 2.75) is 38.6 Å². The number of carboxylic acids is 2. The first-order valence-corrected chi connectivity index (χ1v) is 16.6. The van der Waals surface area contributed by atoms with Gasteiger partial charge in [-0.25, -0.2) is 9.59 Å². The van der Waals surface area contributed by atoms with Crippen LogP contribution in [-0.4, -0.2) is 90.5 Å². The molecule has 0 aromatic heterocycles. The van der Waals surface area contributed by atoms with Gasteiger partial charge in [0.05, 0.1) is 36.5 Å². The zero-order valence-corrected chi connectivity index (χ0v) is 28.1. The Bertz CT molecular complexity index is 1790. The molecule has 0 unspecified atom stereocenters. The van der Waals surface area contributed by atoms with Crippen molar-refractivity contribution in [3.05, 3.63) is 75.4 Å². The van der Waals surface area contributed by atoms with Crippen molar-refractivity contribution in [2.24, 2.45) is 0 Å². The van der Waals surface area contributed by atoms with Crippen LogP contribution in [0.5, 0.6) is 5.75 Å². The molecule has 1 heterocycles. The number of fused-ring (bicyclic) bond motifs is 2. The van der Waals surface area contributed by atoms with E-state index in [0.29, 0.717) is 67.5 Å². The summed E-state index contributed by atoms with van der Waals surface area (Å²) < 4.78 is 17.2. The summed E-state index contributed by atoms with van der Waals surface area (Å²) in [6, 6.07) is 11.0. The van der Waals surface area contributed by atoms with Gasteiger partial charge in [0.25, 0.3) is 0 Å². The quantitative estimate of drug-likeness (QED) is 0.0526. The number of nitrogens with zero attached hydrogens (tertiary/aromatic N) is 1. The first kappa shape index (κ1) is 37.3. The molecule has 13 heteroatoms. The maximum atomic E-state index is 12.5. The van der Waals surface area contributed by atoms with Crippen LogP contribution in [0.3, 0.4) is 0 Å². The molecule has 2 aromatic rings. The van der Waals surface area contributed by atoms with Crippen molar-refractivity contribution in [1.29, 1.82) is 0 Å². The summed E-state index contributed by atoms with van der Waals surface area (Å²) in [4.78, 5) is 50.5. The molecule has 1 aliphatic heterocycles. The SMILES string of the molecule is CN(CCC(=O)NCCOCCOCCCCCCCl)Cc1c(O)ccc2c(-c3ccc(C(=O)O)cc3C(=O)O)c3ccc(=O)cc-3oc12. The number of phenols is 1. The highest BCUT2D eigenvalue weighted by Crippen LogP contribution is 2.44. The number of ether oxygens (including phenoxy) is 2. The fourth-order valence-corrected chi connectivity index (χ4v) is 5.65. The van der Waals surface area contributed by atoms with Crippen molar-refractivity contribution < 1.29 is 43.6 Å². The third-order valence-electron chi connectivity index (χ3n) is 7.97. The topological polar surface area (TPSA) is 176 Å². The molecule has 12 nitrogen and oxygen atoms in total. The summed E-state index contributed by atoms with van der Waals surface area (Å²) in [6.07, 6.45) is 4.39. The Morgan fingerprint density at radius 3 is 2.35 bits per heavy atom. The number of hydrogen-bond donors (Lipinski definition) is 4. The number of halogens is 1.